The number of hydrogen-bond acceptors (Lipinski definition) is 5. The minimum absolute atomic E-state index is 0.282. The molecular formula is C19H21FN4O3. The summed E-state index contributed by atoms with van der Waals surface area (Å²) >= 11 is 0. The minimum Gasteiger partial charge on any atom is -0.496 e. The maximum absolute atomic E-state index is 12.8. The number of amides is 2. The first kappa shape index (κ1) is 18.8. The zero-order valence-corrected chi connectivity index (χ0v) is 15.0. The highest BCUT2D eigenvalue weighted by atomic mass is 19.1. The molecule has 1 fully saturated rings. The third-order valence-corrected chi connectivity index (χ3v) is 4.43. The molecule has 1 aliphatic rings. The van der Waals surface area contributed by atoms with E-state index in [4.69, 9.17) is 4.74 Å². The van der Waals surface area contributed by atoms with E-state index in [1.54, 1.807) is 7.11 Å². The molecular weight excluding hydrogens is 351 g/mol. The number of rotatable bonds is 4. The molecule has 0 bridgehead atoms. The molecule has 0 radical (unpaired) electrons. The molecule has 27 heavy (non-hydrogen) atoms. The molecule has 8 heteroatoms. The van der Waals surface area contributed by atoms with Crippen molar-refractivity contribution < 1.29 is 18.7 Å². The van der Waals surface area contributed by atoms with Crippen LogP contribution in [0.5, 0.6) is 5.75 Å². The van der Waals surface area contributed by atoms with Crippen LogP contribution in [0.4, 0.5) is 10.1 Å². The number of benzene rings is 1. The number of nitrogens with zero attached hydrogens (tertiary/aromatic N) is 3. The van der Waals surface area contributed by atoms with Crippen molar-refractivity contribution in [3.05, 3.63) is 54.1 Å². The number of ether oxygens (including phenoxy) is 1. The number of pyridine rings is 1. The first-order chi connectivity index (χ1) is 13.1. The molecule has 0 aliphatic carbocycles. The third-order valence-electron chi connectivity index (χ3n) is 4.43. The number of halogens is 1. The van der Waals surface area contributed by atoms with Gasteiger partial charge < -0.3 is 15.0 Å². The maximum atomic E-state index is 12.8. The van der Waals surface area contributed by atoms with Crippen LogP contribution in [-0.2, 0) is 16.1 Å². The maximum Gasteiger partial charge on any atom is 0.313 e. The van der Waals surface area contributed by atoms with Gasteiger partial charge in [0.2, 0.25) is 5.95 Å². The van der Waals surface area contributed by atoms with Gasteiger partial charge in [-0.25, -0.2) is 4.98 Å². The van der Waals surface area contributed by atoms with E-state index in [2.05, 4.69) is 15.2 Å². The molecule has 1 saturated heterocycles. The molecule has 1 aromatic carbocycles. The van der Waals surface area contributed by atoms with Crippen molar-refractivity contribution in [3.8, 4) is 5.75 Å². The van der Waals surface area contributed by atoms with Gasteiger partial charge in [-0.15, -0.1) is 0 Å². The highest BCUT2D eigenvalue weighted by Gasteiger charge is 2.26. The fourth-order valence-electron chi connectivity index (χ4n) is 2.96. The fourth-order valence-corrected chi connectivity index (χ4v) is 2.96. The van der Waals surface area contributed by atoms with Crippen LogP contribution in [0.25, 0.3) is 0 Å². The molecule has 0 unspecified atom stereocenters. The van der Waals surface area contributed by atoms with Gasteiger partial charge in [-0.1, -0.05) is 18.2 Å². The predicted octanol–water partition coefficient (Wildman–Crippen LogP) is 1.51. The second kappa shape index (κ2) is 8.59. The van der Waals surface area contributed by atoms with Crippen molar-refractivity contribution in [3.63, 3.8) is 0 Å². The van der Waals surface area contributed by atoms with Gasteiger partial charge >= 0.3 is 11.8 Å². The van der Waals surface area contributed by atoms with Gasteiger partial charge in [0.1, 0.15) is 5.75 Å². The molecule has 142 valence electrons. The van der Waals surface area contributed by atoms with Crippen LogP contribution < -0.4 is 10.1 Å². The smallest absolute Gasteiger partial charge is 0.313 e. The SMILES string of the molecule is COc1ccccc1CN1CCN(C(=O)C(=O)Nc2ccc(F)nc2)CC1. The zero-order chi connectivity index (χ0) is 19.2. The minimum atomic E-state index is -0.749. The first-order valence-electron chi connectivity index (χ1n) is 8.63. The number of anilines is 1. The Morgan fingerprint density at radius 3 is 2.56 bits per heavy atom. The number of nitrogens with one attached hydrogen (secondary N) is 1. The van der Waals surface area contributed by atoms with Gasteiger partial charge in [0, 0.05) is 38.3 Å². The molecule has 1 aliphatic heterocycles. The van der Waals surface area contributed by atoms with E-state index in [0.717, 1.165) is 23.9 Å². The number of piperazine rings is 1. The summed E-state index contributed by atoms with van der Waals surface area (Å²) in [6, 6.07) is 10.3. The number of carbonyl (C=O) groups is 2. The summed E-state index contributed by atoms with van der Waals surface area (Å²) in [5.41, 5.74) is 1.37. The van der Waals surface area contributed by atoms with Crippen molar-refractivity contribution in [1.29, 1.82) is 0 Å². The van der Waals surface area contributed by atoms with Crippen molar-refractivity contribution in [1.82, 2.24) is 14.8 Å². The van der Waals surface area contributed by atoms with Crippen LogP contribution in [0, 0.1) is 5.95 Å². The van der Waals surface area contributed by atoms with Crippen molar-refractivity contribution in [2.24, 2.45) is 0 Å². The molecule has 0 spiro atoms. The predicted molar refractivity (Wildman–Crippen MR) is 97.7 cm³/mol. The first-order valence-corrected chi connectivity index (χ1v) is 8.63. The average Bonchev–Trinajstić information content (AvgIpc) is 2.70. The standard InChI is InChI=1S/C19H21FN4O3/c1-27-16-5-3-2-4-14(16)13-23-8-10-24(11-9-23)19(26)18(25)22-15-6-7-17(20)21-12-15/h2-7,12H,8-11,13H2,1H3,(H,22,25). The molecule has 2 heterocycles. The summed E-state index contributed by atoms with van der Waals surface area (Å²) in [5.74, 6) is -1.16. The van der Waals surface area contributed by atoms with Gasteiger partial charge in [0.25, 0.3) is 0 Å². The molecule has 3 rings (SSSR count). The Bertz CT molecular complexity index is 805. The number of carbonyl (C=O) groups excluding carboxylic acids is 2. The Morgan fingerprint density at radius 1 is 1.15 bits per heavy atom. The summed E-state index contributed by atoms with van der Waals surface area (Å²) in [4.78, 5) is 31.6. The molecule has 7 nitrogen and oxygen atoms in total. The Kier molecular flexibility index (Phi) is 5.97. The molecule has 0 saturated carbocycles. The van der Waals surface area contributed by atoms with Gasteiger partial charge in [0.05, 0.1) is 19.0 Å². The van der Waals surface area contributed by atoms with Gasteiger partial charge in [-0.05, 0) is 18.2 Å². The van der Waals surface area contributed by atoms with Crippen molar-refractivity contribution in [2.75, 3.05) is 38.6 Å². The van der Waals surface area contributed by atoms with E-state index < -0.39 is 17.8 Å². The fraction of sp³-hybridized carbons (Fsp3) is 0.316. The quantitative estimate of drug-likeness (QED) is 0.651. The molecule has 2 aromatic rings. The van der Waals surface area contributed by atoms with Crippen LogP contribution in [0.3, 0.4) is 0 Å². The highest BCUT2D eigenvalue weighted by molar-refractivity contribution is 6.39. The van der Waals surface area contributed by atoms with Crippen LogP contribution in [-0.4, -0.2) is 59.9 Å². The summed E-state index contributed by atoms with van der Waals surface area (Å²) in [6.07, 6.45) is 1.17. The summed E-state index contributed by atoms with van der Waals surface area (Å²) in [5, 5.41) is 2.44. The van der Waals surface area contributed by atoms with E-state index in [9.17, 15) is 14.0 Å². The van der Waals surface area contributed by atoms with Crippen molar-refractivity contribution >= 4 is 17.5 Å². The summed E-state index contributed by atoms with van der Waals surface area (Å²) < 4.78 is 18.2. The zero-order valence-electron chi connectivity index (χ0n) is 15.0. The Hall–Kier alpha value is -3.00. The van der Waals surface area contributed by atoms with Gasteiger partial charge in [-0.3, -0.25) is 14.5 Å². The lowest BCUT2D eigenvalue weighted by Gasteiger charge is -2.34. The largest absolute Gasteiger partial charge is 0.496 e. The Morgan fingerprint density at radius 2 is 1.89 bits per heavy atom. The highest BCUT2D eigenvalue weighted by Crippen LogP contribution is 2.20. The Labute approximate surface area is 156 Å². The van der Waals surface area contributed by atoms with Crippen LogP contribution in [0.2, 0.25) is 0 Å². The average molecular weight is 372 g/mol. The van der Waals surface area contributed by atoms with E-state index in [0.29, 0.717) is 26.2 Å². The lowest BCUT2D eigenvalue weighted by Crippen LogP contribution is -2.51. The molecule has 2 amide bonds. The van der Waals surface area contributed by atoms with Gasteiger partial charge in [0.15, 0.2) is 0 Å². The second-order valence-corrected chi connectivity index (χ2v) is 6.20. The third kappa shape index (κ3) is 4.79. The summed E-state index contributed by atoms with van der Waals surface area (Å²) in [7, 11) is 1.64. The Balaban J connectivity index is 1.51. The summed E-state index contributed by atoms with van der Waals surface area (Å²) in [6.45, 7) is 2.97. The van der Waals surface area contributed by atoms with Crippen LogP contribution in [0.1, 0.15) is 5.56 Å². The van der Waals surface area contributed by atoms with Crippen LogP contribution >= 0.6 is 0 Å². The molecule has 1 aromatic heterocycles. The normalized spacial score (nSPS) is 14.7. The lowest BCUT2D eigenvalue weighted by molar-refractivity contribution is -0.144. The van der Waals surface area contributed by atoms with E-state index in [1.165, 1.54) is 17.2 Å². The van der Waals surface area contributed by atoms with E-state index >= 15 is 0 Å². The topological polar surface area (TPSA) is 74.8 Å². The van der Waals surface area contributed by atoms with E-state index in [1.807, 2.05) is 24.3 Å². The number of para-hydroxylation sites is 1. The second-order valence-electron chi connectivity index (χ2n) is 6.20. The van der Waals surface area contributed by atoms with Gasteiger partial charge in [-0.2, -0.15) is 4.39 Å². The molecule has 0 atom stereocenters. The van der Waals surface area contributed by atoms with Crippen molar-refractivity contribution in [2.45, 2.75) is 6.54 Å². The lowest BCUT2D eigenvalue weighted by atomic mass is 10.1. The van der Waals surface area contributed by atoms with Crippen LogP contribution in [0.15, 0.2) is 42.6 Å². The van der Waals surface area contributed by atoms with E-state index in [-0.39, 0.29) is 5.69 Å². The number of methoxy groups -OCH3 is 1. The molecule has 1 N–H and O–H groups in total. The monoisotopic (exact) mass is 372 g/mol. The number of aromatic nitrogens is 1. The number of hydrogen-bond donors (Lipinski definition) is 1.